The van der Waals surface area contributed by atoms with Crippen molar-refractivity contribution < 1.29 is 0 Å². The van der Waals surface area contributed by atoms with Crippen LogP contribution < -0.4 is 5.73 Å². The monoisotopic (exact) mass is 213 g/mol. The summed E-state index contributed by atoms with van der Waals surface area (Å²) in [5.41, 5.74) is 7.90. The lowest BCUT2D eigenvalue weighted by atomic mass is 10.1. The van der Waals surface area contributed by atoms with Crippen molar-refractivity contribution in [2.24, 2.45) is 12.8 Å². The van der Waals surface area contributed by atoms with E-state index in [2.05, 4.69) is 11.7 Å². The largest absolute Gasteiger partial charge is 0.327 e. The summed E-state index contributed by atoms with van der Waals surface area (Å²) in [5, 5.41) is 4.91. The van der Waals surface area contributed by atoms with Crippen LogP contribution in [0.4, 0.5) is 0 Å². The second-order valence-electron chi connectivity index (χ2n) is 3.47. The van der Waals surface area contributed by atoms with Crippen molar-refractivity contribution in [3.8, 4) is 0 Å². The van der Waals surface area contributed by atoms with Gasteiger partial charge in [-0.25, -0.2) is 0 Å². The molecule has 0 aromatic carbocycles. The fraction of sp³-hybridized carbons (Fsp3) is 0.500. The smallest absolute Gasteiger partial charge is 0.130 e. The molecule has 1 unspecified atom stereocenters. The first kappa shape index (κ1) is 11.3. The van der Waals surface area contributed by atoms with Gasteiger partial charge in [0.2, 0.25) is 0 Å². The zero-order chi connectivity index (χ0) is 10.7. The molecule has 0 aliphatic carbocycles. The van der Waals surface area contributed by atoms with Crippen molar-refractivity contribution >= 4 is 11.6 Å². The molecule has 78 valence electrons. The van der Waals surface area contributed by atoms with Crippen LogP contribution in [0.1, 0.15) is 17.7 Å². The highest BCUT2D eigenvalue weighted by molar-refractivity contribution is 6.30. The van der Waals surface area contributed by atoms with Crippen LogP contribution in [0.3, 0.4) is 0 Å². The lowest BCUT2D eigenvalue weighted by Crippen LogP contribution is -2.22. The van der Waals surface area contributed by atoms with Crippen molar-refractivity contribution in [3.63, 3.8) is 0 Å². The lowest BCUT2D eigenvalue weighted by Gasteiger charge is -2.08. The molecule has 0 radical (unpaired) electrons. The van der Waals surface area contributed by atoms with E-state index in [9.17, 15) is 0 Å². The number of nitrogens with zero attached hydrogens (tertiary/aromatic N) is 2. The maximum absolute atomic E-state index is 6.08. The van der Waals surface area contributed by atoms with Crippen LogP contribution in [0.15, 0.2) is 12.7 Å². The van der Waals surface area contributed by atoms with Crippen LogP contribution in [-0.2, 0) is 13.5 Å². The second kappa shape index (κ2) is 4.62. The van der Waals surface area contributed by atoms with Crippen LogP contribution in [0, 0.1) is 6.92 Å². The summed E-state index contributed by atoms with van der Waals surface area (Å²) >= 11 is 6.08. The van der Waals surface area contributed by atoms with Crippen LogP contribution in [0.2, 0.25) is 5.15 Å². The number of halogens is 1. The molecule has 14 heavy (non-hydrogen) atoms. The van der Waals surface area contributed by atoms with E-state index < -0.39 is 0 Å². The lowest BCUT2D eigenvalue weighted by molar-refractivity contribution is 0.677. The Morgan fingerprint density at radius 2 is 2.36 bits per heavy atom. The predicted molar refractivity (Wildman–Crippen MR) is 59.4 cm³/mol. The minimum atomic E-state index is 0.0768. The highest BCUT2D eigenvalue weighted by Crippen LogP contribution is 2.20. The molecule has 4 heteroatoms. The molecule has 0 spiro atoms. The average Bonchev–Trinajstić information content (AvgIpc) is 2.33. The molecule has 2 N–H and O–H groups in total. The quantitative estimate of drug-likeness (QED) is 0.776. The van der Waals surface area contributed by atoms with Gasteiger partial charge in [-0.05, 0) is 19.8 Å². The highest BCUT2D eigenvalue weighted by atomic mass is 35.5. The molecule has 1 heterocycles. The van der Waals surface area contributed by atoms with Gasteiger partial charge in [0.1, 0.15) is 5.15 Å². The van der Waals surface area contributed by atoms with Crippen LogP contribution in [0.5, 0.6) is 0 Å². The summed E-state index contributed by atoms with van der Waals surface area (Å²) in [6.45, 7) is 5.60. The van der Waals surface area contributed by atoms with E-state index in [1.807, 2.05) is 20.0 Å². The summed E-state index contributed by atoms with van der Waals surface area (Å²) in [6, 6.07) is 0.0768. The molecule has 0 saturated carbocycles. The molecule has 0 amide bonds. The van der Waals surface area contributed by atoms with Gasteiger partial charge < -0.3 is 5.73 Å². The fourth-order valence-electron chi connectivity index (χ4n) is 1.47. The van der Waals surface area contributed by atoms with E-state index in [0.29, 0.717) is 5.15 Å². The molecule has 1 atom stereocenters. The first-order valence-electron chi connectivity index (χ1n) is 4.60. The summed E-state index contributed by atoms with van der Waals surface area (Å²) in [4.78, 5) is 0. The van der Waals surface area contributed by atoms with Gasteiger partial charge in [-0.1, -0.05) is 17.7 Å². The van der Waals surface area contributed by atoms with Gasteiger partial charge in [-0.2, -0.15) is 5.10 Å². The number of aromatic nitrogens is 2. The Morgan fingerprint density at radius 3 is 2.79 bits per heavy atom. The van der Waals surface area contributed by atoms with Gasteiger partial charge >= 0.3 is 0 Å². The summed E-state index contributed by atoms with van der Waals surface area (Å²) in [7, 11) is 1.83. The standard InChI is InChI=1S/C10H16ClN3/c1-4-5-8(12)6-9-7(2)13-14(3)10(9)11/h4,8H,1,5-6,12H2,2-3H3. The third-order valence-electron chi connectivity index (χ3n) is 2.21. The first-order valence-corrected chi connectivity index (χ1v) is 4.98. The van der Waals surface area contributed by atoms with E-state index in [1.54, 1.807) is 4.68 Å². The van der Waals surface area contributed by atoms with Crippen molar-refractivity contribution in [2.75, 3.05) is 0 Å². The predicted octanol–water partition coefficient (Wildman–Crippen LogP) is 1.83. The molecular formula is C10H16ClN3. The Hall–Kier alpha value is -0.800. The number of rotatable bonds is 4. The second-order valence-corrected chi connectivity index (χ2v) is 3.82. The molecule has 1 rings (SSSR count). The maximum atomic E-state index is 6.08. The Morgan fingerprint density at radius 1 is 1.71 bits per heavy atom. The van der Waals surface area contributed by atoms with Gasteiger partial charge in [0, 0.05) is 18.7 Å². The van der Waals surface area contributed by atoms with Crippen molar-refractivity contribution in [2.45, 2.75) is 25.8 Å². The topological polar surface area (TPSA) is 43.8 Å². The van der Waals surface area contributed by atoms with E-state index in [-0.39, 0.29) is 6.04 Å². The third kappa shape index (κ3) is 2.36. The van der Waals surface area contributed by atoms with E-state index in [4.69, 9.17) is 17.3 Å². The molecule has 3 nitrogen and oxygen atoms in total. The number of nitrogens with two attached hydrogens (primary N) is 1. The van der Waals surface area contributed by atoms with Gasteiger partial charge in [0.15, 0.2) is 0 Å². The molecule has 0 aliphatic heterocycles. The zero-order valence-electron chi connectivity index (χ0n) is 8.63. The Balaban J connectivity index is 2.80. The Kier molecular flexibility index (Phi) is 3.72. The molecular weight excluding hydrogens is 198 g/mol. The SMILES string of the molecule is C=CCC(N)Cc1c(C)nn(C)c1Cl. The zero-order valence-corrected chi connectivity index (χ0v) is 9.38. The van der Waals surface area contributed by atoms with Crippen molar-refractivity contribution in [1.29, 1.82) is 0 Å². The first-order chi connectivity index (χ1) is 6.56. The summed E-state index contributed by atoms with van der Waals surface area (Å²) < 4.78 is 1.67. The van der Waals surface area contributed by atoms with Gasteiger partial charge in [0.25, 0.3) is 0 Å². The third-order valence-corrected chi connectivity index (χ3v) is 2.68. The number of aryl methyl sites for hydroxylation is 2. The van der Waals surface area contributed by atoms with E-state index in [1.165, 1.54) is 0 Å². The van der Waals surface area contributed by atoms with E-state index in [0.717, 1.165) is 24.1 Å². The fourth-order valence-corrected chi connectivity index (χ4v) is 1.72. The van der Waals surface area contributed by atoms with Gasteiger partial charge in [-0.3, -0.25) is 4.68 Å². The van der Waals surface area contributed by atoms with E-state index >= 15 is 0 Å². The van der Waals surface area contributed by atoms with Crippen LogP contribution >= 0.6 is 11.6 Å². The summed E-state index contributed by atoms with van der Waals surface area (Å²) in [5.74, 6) is 0. The number of hydrogen-bond donors (Lipinski definition) is 1. The molecule has 0 saturated heterocycles. The minimum absolute atomic E-state index is 0.0768. The van der Waals surface area contributed by atoms with Gasteiger partial charge in [0.05, 0.1) is 5.69 Å². The minimum Gasteiger partial charge on any atom is -0.327 e. The molecule has 0 fully saturated rings. The summed E-state index contributed by atoms with van der Waals surface area (Å²) in [6.07, 6.45) is 3.37. The Bertz CT molecular complexity index is 330. The molecule has 0 aliphatic rings. The number of hydrogen-bond acceptors (Lipinski definition) is 2. The van der Waals surface area contributed by atoms with Crippen molar-refractivity contribution in [3.05, 3.63) is 29.1 Å². The normalized spacial score (nSPS) is 12.9. The van der Waals surface area contributed by atoms with Crippen LogP contribution in [0.25, 0.3) is 0 Å². The maximum Gasteiger partial charge on any atom is 0.130 e. The molecule has 0 bridgehead atoms. The average molecular weight is 214 g/mol. The molecule has 1 aromatic rings. The van der Waals surface area contributed by atoms with Crippen molar-refractivity contribution in [1.82, 2.24) is 9.78 Å². The van der Waals surface area contributed by atoms with Gasteiger partial charge in [-0.15, -0.1) is 6.58 Å². The molecule has 1 aromatic heterocycles. The Labute approximate surface area is 89.5 Å². The van der Waals surface area contributed by atoms with Crippen LogP contribution in [-0.4, -0.2) is 15.8 Å². The highest BCUT2D eigenvalue weighted by Gasteiger charge is 2.13.